The van der Waals surface area contributed by atoms with E-state index in [1.54, 1.807) is 11.1 Å². The van der Waals surface area contributed by atoms with Gasteiger partial charge in [-0.15, -0.1) is 0 Å². The van der Waals surface area contributed by atoms with E-state index in [4.69, 9.17) is 11.6 Å². The third-order valence-corrected chi connectivity index (χ3v) is 4.11. The molecule has 2 aromatic heterocycles. The van der Waals surface area contributed by atoms with Crippen LogP contribution in [0.25, 0.3) is 22.2 Å². The summed E-state index contributed by atoms with van der Waals surface area (Å²) in [6, 6.07) is 7.84. The molecule has 1 aromatic carbocycles. The fourth-order valence-corrected chi connectivity index (χ4v) is 3.01. The zero-order valence-corrected chi connectivity index (χ0v) is 12.1. The number of amides is 1. The number of aromatic amines is 1. The lowest BCUT2D eigenvalue weighted by atomic mass is 10.0. The number of nitrogens with zero attached hydrogens (tertiary/aromatic N) is 2. The predicted molar refractivity (Wildman–Crippen MR) is 82.3 cm³/mol. The molecule has 0 fully saturated rings. The zero-order valence-electron chi connectivity index (χ0n) is 11.4. The Hall–Kier alpha value is -2.33. The first-order valence-corrected chi connectivity index (χ1v) is 7.02. The van der Waals surface area contributed by atoms with Gasteiger partial charge in [0.05, 0.1) is 5.02 Å². The van der Waals surface area contributed by atoms with Gasteiger partial charge in [0.1, 0.15) is 5.65 Å². The maximum Gasteiger partial charge on any atom is 0.254 e. The third kappa shape index (κ3) is 1.83. The van der Waals surface area contributed by atoms with Gasteiger partial charge >= 0.3 is 0 Å². The number of pyridine rings is 1. The Morgan fingerprint density at radius 1 is 1.29 bits per heavy atom. The lowest BCUT2D eigenvalue weighted by Gasteiger charge is -2.04. The van der Waals surface area contributed by atoms with E-state index < -0.39 is 0 Å². The van der Waals surface area contributed by atoms with Crippen LogP contribution in [0.5, 0.6) is 0 Å². The molecule has 5 heteroatoms. The molecule has 0 saturated heterocycles. The summed E-state index contributed by atoms with van der Waals surface area (Å²) in [5.41, 5.74) is 4.77. The van der Waals surface area contributed by atoms with Gasteiger partial charge < -0.3 is 9.88 Å². The molecule has 4 nitrogen and oxygen atoms in total. The summed E-state index contributed by atoms with van der Waals surface area (Å²) < 4.78 is 0. The van der Waals surface area contributed by atoms with Crippen molar-refractivity contribution in [2.45, 2.75) is 6.54 Å². The van der Waals surface area contributed by atoms with Gasteiger partial charge in [-0.1, -0.05) is 17.7 Å². The van der Waals surface area contributed by atoms with Crippen molar-refractivity contribution in [3.63, 3.8) is 0 Å². The average Bonchev–Trinajstić information content (AvgIpc) is 3.00. The molecule has 104 valence electrons. The Labute approximate surface area is 126 Å². The summed E-state index contributed by atoms with van der Waals surface area (Å²) in [5.74, 6) is 0.0835. The van der Waals surface area contributed by atoms with Gasteiger partial charge in [-0.25, -0.2) is 4.98 Å². The Kier molecular flexibility index (Phi) is 2.56. The molecular formula is C16H12ClN3O. The first kappa shape index (κ1) is 12.4. The van der Waals surface area contributed by atoms with Crippen LogP contribution >= 0.6 is 11.6 Å². The minimum Gasteiger partial charge on any atom is -0.346 e. The number of carbonyl (C=O) groups excluding carboxylic acids is 1. The summed E-state index contributed by atoms with van der Waals surface area (Å²) in [7, 11) is 1.82. The SMILES string of the molecule is CN1Cc2cc(-c3c[nH]c4ncc(Cl)cc34)ccc2C1=O. The van der Waals surface area contributed by atoms with E-state index in [0.717, 1.165) is 33.3 Å². The van der Waals surface area contributed by atoms with Crippen LogP contribution in [0, 0.1) is 0 Å². The highest BCUT2D eigenvalue weighted by Crippen LogP contribution is 2.32. The Balaban J connectivity index is 1.89. The fourth-order valence-electron chi connectivity index (χ4n) is 2.85. The van der Waals surface area contributed by atoms with Crippen molar-refractivity contribution in [3.8, 4) is 11.1 Å². The smallest absolute Gasteiger partial charge is 0.254 e. The fraction of sp³-hybridized carbons (Fsp3) is 0.125. The summed E-state index contributed by atoms with van der Waals surface area (Å²) in [6.07, 6.45) is 3.55. The number of aromatic nitrogens is 2. The van der Waals surface area contributed by atoms with Crippen molar-refractivity contribution >= 4 is 28.5 Å². The van der Waals surface area contributed by atoms with Crippen LogP contribution < -0.4 is 0 Å². The van der Waals surface area contributed by atoms with Crippen LogP contribution in [-0.2, 0) is 6.54 Å². The molecule has 0 saturated carbocycles. The minimum atomic E-state index is 0.0835. The molecule has 1 amide bonds. The van der Waals surface area contributed by atoms with E-state index in [1.165, 1.54) is 0 Å². The maximum absolute atomic E-state index is 11.9. The second-order valence-electron chi connectivity index (χ2n) is 5.29. The molecule has 3 aromatic rings. The molecule has 0 unspecified atom stereocenters. The van der Waals surface area contributed by atoms with Crippen molar-refractivity contribution in [3.05, 3.63) is 52.8 Å². The summed E-state index contributed by atoms with van der Waals surface area (Å²) in [5, 5.41) is 1.60. The highest BCUT2D eigenvalue weighted by molar-refractivity contribution is 6.31. The van der Waals surface area contributed by atoms with E-state index in [9.17, 15) is 4.79 Å². The number of hydrogen-bond acceptors (Lipinski definition) is 2. The molecule has 0 atom stereocenters. The second kappa shape index (κ2) is 4.33. The van der Waals surface area contributed by atoms with Gasteiger partial charge in [-0.05, 0) is 29.3 Å². The van der Waals surface area contributed by atoms with E-state index in [1.807, 2.05) is 31.4 Å². The molecule has 0 aliphatic carbocycles. The normalized spacial score (nSPS) is 14.0. The maximum atomic E-state index is 11.9. The van der Waals surface area contributed by atoms with Gasteiger partial charge in [0.25, 0.3) is 5.91 Å². The Bertz CT molecular complexity index is 884. The van der Waals surface area contributed by atoms with E-state index in [-0.39, 0.29) is 5.91 Å². The molecule has 4 rings (SSSR count). The van der Waals surface area contributed by atoms with E-state index in [2.05, 4.69) is 16.0 Å². The van der Waals surface area contributed by atoms with Crippen LogP contribution in [0.3, 0.4) is 0 Å². The first-order chi connectivity index (χ1) is 10.1. The zero-order chi connectivity index (χ0) is 14.6. The third-order valence-electron chi connectivity index (χ3n) is 3.90. The number of H-pyrrole nitrogens is 1. The molecule has 1 aliphatic heterocycles. The van der Waals surface area contributed by atoms with Crippen LogP contribution in [0.4, 0.5) is 0 Å². The van der Waals surface area contributed by atoms with Crippen LogP contribution in [0.15, 0.2) is 36.7 Å². The number of nitrogens with one attached hydrogen (secondary N) is 1. The molecule has 1 aliphatic rings. The van der Waals surface area contributed by atoms with E-state index in [0.29, 0.717) is 11.6 Å². The van der Waals surface area contributed by atoms with Crippen LogP contribution in [-0.4, -0.2) is 27.8 Å². The largest absolute Gasteiger partial charge is 0.346 e. The molecule has 3 heterocycles. The lowest BCUT2D eigenvalue weighted by Crippen LogP contribution is -2.17. The highest BCUT2D eigenvalue weighted by Gasteiger charge is 2.24. The average molecular weight is 298 g/mol. The number of hydrogen-bond donors (Lipinski definition) is 1. The predicted octanol–water partition coefficient (Wildman–Crippen LogP) is 3.47. The molecule has 0 radical (unpaired) electrons. The van der Waals surface area contributed by atoms with Crippen LogP contribution in [0.1, 0.15) is 15.9 Å². The van der Waals surface area contributed by atoms with Crippen molar-refractivity contribution in [1.29, 1.82) is 0 Å². The Morgan fingerprint density at radius 2 is 2.14 bits per heavy atom. The monoisotopic (exact) mass is 297 g/mol. The second-order valence-corrected chi connectivity index (χ2v) is 5.72. The minimum absolute atomic E-state index is 0.0835. The van der Waals surface area contributed by atoms with Gasteiger partial charge in [0.15, 0.2) is 0 Å². The number of halogens is 1. The molecule has 0 bridgehead atoms. The Morgan fingerprint density at radius 3 is 3.00 bits per heavy atom. The van der Waals surface area contributed by atoms with Crippen molar-refractivity contribution in [2.75, 3.05) is 7.05 Å². The summed E-state index contributed by atoms with van der Waals surface area (Å²) in [6.45, 7) is 0.656. The highest BCUT2D eigenvalue weighted by atomic mass is 35.5. The molecule has 21 heavy (non-hydrogen) atoms. The van der Waals surface area contributed by atoms with Gasteiger partial charge in [-0.2, -0.15) is 0 Å². The van der Waals surface area contributed by atoms with E-state index >= 15 is 0 Å². The van der Waals surface area contributed by atoms with Gasteiger partial charge in [-0.3, -0.25) is 4.79 Å². The first-order valence-electron chi connectivity index (χ1n) is 6.65. The number of rotatable bonds is 1. The standard InChI is InChI=1S/C16H12ClN3O/c1-20-8-10-4-9(2-3-12(10)16(20)21)14-7-19-15-13(14)5-11(17)6-18-15/h2-7H,8H2,1H3,(H,18,19). The number of carbonyl (C=O) groups is 1. The van der Waals surface area contributed by atoms with Gasteiger partial charge in [0.2, 0.25) is 0 Å². The van der Waals surface area contributed by atoms with Crippen molar-refractivity contribution in [2.24, 2.45) is 0 Å². The summed E-state index contributed by atoms with van der Waals surface area (Å²) >= 11 is 6.04. The molecule has 1 N–H and O–H groups in total. The molecule has 0 spiro atoms. The van der Waals surface area contributed by atoms with Crippen molar-refractivity contribution < 1.29 is 4.79 Å². The van der Waals surface area contributed by atoms with Crippen LogP contribution in [0.2, 0.25) is 5.02 Å². The number of benzene rings is 1. The van der Waals surface area contributed by atoms with Crippen molar-refractivity contribution in [1.82, 2.24) is 14.9 Å². The quantitative estimate of drug-likeness (QED) is 0.747. The van der Waals surface area contributed by atoms with Gasteiger partial charge in [0, 0.05) is 42.5 Å². The lowest BCUT2D eigenvalue weighted by molar-refractivity contribution is 0.0816. The summed E-state index contributed by atoms with van der Waals surface area (Å²) in [4.78, 5) is 21.1. The topological polar surface area (TPSA) is 49.0 Å². The number of fused-ring (bicyclic) bond motifs is 2. The molecular weight excluding hydrogens is 286 g/mol.